The smallest absolute Gasteiger partial charge is 0.317 e. The number of rotatable bonds is 8. The van der Waals surface area contributed by atoms with Gasteiger partial charge in [0.25, 0.3) is 0 Å². The fourth-order valence-corrected chi connectivity index (χ4v) is 3.58. The summed E-state index contributed by atoms with van der Waals surface area (Å²) in [5.74, 6) is -0.786. The number of carbonyl (C=O) groups is 2. The third-order valence-electron chi connectivity index (χ3n) is 5.88. The lowest BCUT2D eigenvalue weighted by molar-refractivity contribution is -0.137. The van der Waals surface area contributed by atoms with E-state index >= 15 is 0 Å². The molecule has 0 saturated heterocycles. The van der Waals surface area contributed by atoms with Gasteiger partial charge in [0.15, 0.2) is 5.82 Å². The largest absolute Gasteiger partial charge is 0.480 e. The van der Waals surface area contributed by atoms with E-state index in [1.54, 1.807) is 6.20 Å². The first kappa shape index (κ1) is 27.9. The molecule has 0 aliphatic rings. The monoisotopic (exact) mass is 517 g/mol. The average Bonchev–Trinajstić information content (AvgIpc) is 3.25. The van der Waals surface area contributed by atoms with Crippen molar-refractivity contribution in [2.45, 2.75) is 34.2 Å². The number of aliphatic carboxylic acids is 2. The van der Waals surface area contributed by atoms with Crippen LogP contribution in [-0.2, 0) is 16.1 Å². The maximum Gasteiger partial charge on any atom is 0.317 e. The van der Waals surface area contributed by atoms with Crippen molar-refractivity contribution in [2.75, 3.05) is 18.8 Å². The van der Waals surface area contributed by atoms with Crippen LogP contribution >= 0.6 is 0 Å². The van der Waals surface area contributed by atoms with Gasteiger partial charge in [0.1, 0.15) is 11.4 Å². The predicted octanol–water partition coefficient (Wildman–Crippen LogP) is 3.01. The van der Waals surface area contributed by atoms with E-state index in [9.17, 15) is 9.59 Å². The fraction of sp³-hybridized carbons (Fsp3) is 0.259. The van der Waals surface area contributed by atoms with Gasteiger partial charge in [-0.2, -0.15) is 0 Å². The summed E-state index contributed by atoms with van der Waals surface area (Å²) in [5.41, 5.74) is 13.9. The summed E-state index contributed by atoms with van der Waals surface area (Å²) in [7, 11) is 0. The summed E-state index contributed by atoms with van der Waals surface area (Å²) in [6.07, 6.45) is 3.61. The van der Waals surface area contributed by atoms with Gasteiger partial charge in [-0.05, 0) is 79.8 Å². The summed E-state index contributed by atoms with van der Waals surface area (Å²) in [6, 6.07) is 11.8. The topological polar surface area (TPSA) is 169 Å². The molecule has 3 heterocycles. The van der Waals surface area contributed by atoms with Gasteiger partial charge in [-0.1, -0.05) is 12.1 Å². The van der Waals surface area contributed by atoms with Crippen molar-refractivity contribution in [3.05, 3.63) is 76.6 Å². The number of nitrogens with zero attached hydrogens (tertiary/aromatic N) is 5. The van der Waals surface area contributed by atoms with Crippen LogP contribution in [0.15, 0.2) is 48.8 Å². The first-order valence-electron chi connectivity index (χ1n) is 11.9. The maximum absolute atomic E-state index is 9.73. The SMILES string of the molecule is Cc1ccnc(-c2nc(-c3nccc(C)c3C)n(Cc3cccc(N)c3)n2)c1C.O=C(O)CNCC(=O)O. The van der Waals surface area contributed by atoms with Crippen LogP contribution in [0.2, 0.25) is 0 Å². The predicted molar refractivity (Wildman–Crippen MR) is 144 cm³/mol. The first-order valence-corrected chi connectivity index (χ1v) is 11.9. The quantitative estimate of drug-likeness (QED) is 0.255. The third kappa shape index (κ3) is 7.20. The standard InChI is InChI=1S/C23H24N6.C4H7NO4/c1-14-8-10-25-20(16(14)3)22-27-23(21-17(4)15(2)9-11-26-21)29(28-22)13-18-6-5-7-19(24)12-18;6-3(7)1-5-2-4(8)9/h5-12H,13,24H2,1-4H3;5H,1-2H2,(H,6,7)(H,8,9). The number of aryl methyl sites for hydroxylation is 2. The number of nitrogens with one attached hydrogen (secondary N) is 1. The van der Waals surface area contributed by atoms with Crippen molar-refractivity contribution >= 4 is 17.6 Å². The van der Waals surface area contributed by atoms with Crippen molar-refractivity contribution in [2.24, 2.45) is 0 Å². The van der Waals surface area contributed by atoms with Crippen molar-refractivity contribution in [3.63, 3.8) is 0 Å². The minimum atomic E-state index is -1.06. The molecule has 0 amide bonds. The summed E-state index contributed by atoms with van der Waals surface area (Å²) in [6.45, 7) is 8.18. The molecule has 0 fully saturated rings. The molecule has 11 nitrogen and oxygen atoms in total. The Hall–Kier alpha value is -4.64. The molecule has 0 spiro atoms. The lowest BCUT2D eigenvalue weighted by atomic mass is 10.1. The van der Waals surface area contributed by atoms with E-state index in [0.29, 0.717) is 12.4 Å². The summed E-state index contributed by atoms with van der Waals surface area (Å²) < 4.78 is 1.89. The molecule has 0 aliphatic heterocycles. The van der Waals surface area contributed by atoms with E-state index in [4.69, 9.17) is 26.0 Å². The van der Waals surface area contributed by atoms with E-state index in [2.05, 4.69) is 36.1 Å². The maximum atomic E-state index is 9.73. The number of aromatic nitrogens is 5. The number of carboxylic acids is 2. The molecule has 198 valence electrons. The molecule has 0 aliphatic carbocycles. The highest BCUT2D eigenvalue weighted by Crippen LogP contribution is 2.27. The number of hydrogen-bond donors (Lipinski definition) is 4. The minimum absolute atomic E-state index is 0.313. The van der Waals surface area contributed by atoms with Gasteiger partial charge in [0.05, 0.1) is 19.6 Å². The van der Waals surface area contributed by atoms with E-state index in [0.717, 1.165) is 45.2 Å². The molecule has 0 bridgehead atoms. The molecule has 38 heavy (non-hydrogen) atoms. The lowest BCUT2D eigenvalue weighted by Gasteiger charge is -2.09. The lowest BCUT2D eigenvalue weighted by Crippen LogP contribution is -2.27. The molecule has 5 N–H and O–H groups in total. The van der Waals surface area contributed by atoms with Gasteiger partial charge >= 0.3 is 11.9 Å². The number of pyridine rings is 2. The Morgan fingerprint density at radius 2 is 1.47 bits per heavy atom. The summed E-state index contributed by atoms with van der Waals surface area (Å²) >= 11 is 0. The Kier molecular flexibility index (Phi) is 9.23. The third-order valence-corrected chi connectivity index (χ3v) is 5.88. The Bertz CT molecular complexity index is 1440. The highest BCUT2D eigenvalue weighted by Gasteiger charge is 2.19. The number of carboxylic acid groups (broad SMARTS) is 2. The van der Waals surface area contributed by atoms with Crippen molar-refractivity contribution < 1.29 is 19.8 Å². The highest BCUT2D eigenvalue weighted by atomic mass is 16.4. The second-order valence-electron chi connectivity index (χ2n) is 8.76. The molecule has 0 unspecified atom stereocenters. The van der Waals surface area contributed by atoms with E-state index < -0.39 is 11.9 Å². The van der Waals surface area contributed by atoms with E-state index in [1.807, 2.05) is 54.2 Å². The van der Waals surface area contributed by atoms with Gasteiger partial charge in [-0.3, -0.25) is 24.9 Å². The minimum Gasteiger partial charge on any atom is -0.480 e. The van der Waals surface area contributed by atoms with Crippen LogP contribution in [0.25, 0.3) is 23.0 Å². The van der Waals surface area contributed by atoms with Gasteiger partial charge in [0.2, 0.25) is 5.82 Å². The van der Waals surface area contributed by atoms with Gasteiger partial charge in [-0.25, -0.2) is 9.67 Å². The van der Waals surface area contributed by atoms with Crippen LogP contribution in [0.4, 0.5) is 5.69 Å². The van der Waals surface area contributed by atoms with E-state index in [1.165, 1.54) is 5.56 Å². The van der Waals surface area contributed by atoms with Crippen LogP contribution in [0.1, 0.15) is 27.8 Å². The molecule has 0 saturated carbocycles. The van der Waals surface area contributed by atoms with E-state index in [-0.39, 0.29) is 13.1 Å². The molecule has 0 atom stereocenters. The zero-order valence-electron chi connectivity index (χ0n) is 21.8. The summed E-state index contributed by atoms with van der Waals surface area (Å²) in [5, 5.41) is 22.9. The first-order chi connectivity index (χ1) is 18.1. The normalized spacial score (nSPS) is 10.5. The second kappa shape index (κ2) is 12.5. The molecule has 4 rings (SSSR count). The number of nitrogen functional groups attached to an aromatic ring is 1. The van der Waals surface area contributed by atoms with Crippen LogP contribution < -0.4 is 11.1 Å². The number of hydrogen-bond acceptors (Lipinski definition) is 8. The highest BCUT2D eigenvalue weighted by molar-refractivity contribution is 5.72. The molecule has 1 aromatic carbocycles. The number of benzene rings is 1. The Morgan fingerprint density at radius 1 is 0.895 bits per heavy atom. The van der Waals surface area contributed by atoms with Crippen LogP contribution in [0.5, 0.6) is 0 Å². The Morgan fingerprint density at radius 3 is 2.05 bits per heavy atom. The zero-order valence-corrected chi connectivity index (χ0v) is 21.8. The molecule has 0 radical (unpaired) electrons. The van der Waals surface area contributed by atoms with Crippen molar-refractivity contribution in [1.29, 1.82) is 0 Å². The van der Waals surface area contributed by atoms with Crippen molar-refractivity contribution in [3.8, 4) is 23.0 Å². The van der Waals surface area contributed by atoms with Crippen molar-refractivity contribution in [1.82, 2.24) is 30.0 Å². The van der Waals surface area contributed by atoms with Crippen LogP contribution in [0.3, 0.4) is 0 Å². The molecule has 11 heteroatoms. The Labute approximate surface area is 220 Å². The van der Waals surface area contributed by atoms with Crippen LogP contribution in [0, 0.1) is 27.7 Å². The molecular formula is C27H31N7O4. The molecule has 4 aromatic rings. The molecular weight excluding hydrogens is 486 g/mol. The number of anilines is 1. The average molecular weight is 518 g/mol. The van der Waals surface area contributed by atoms with Crippen LogP contribution in [-0.4, -0.2) is 60.0 Å². The van der Waals surface area contributed by atoms with Gasteiger partial charge in [-0.15, -0.1) is 5.10 Å². The Balaban J connectivity index is 0.000000383. The summed E-state index contributed by atoms with van der Waals surface area (Å²) in [4.78, 5) is 33.5. The van der Waals surface area contributed by atoms with Gasteiger partial charge < -0.3 is 15.9 Å². The molecule has 3 aromatic heterocycles. The number of nitrogens with two attached hydrogens (primary N) is 1. The second-order valence-corrected chi connectivity index (χ2v) is 8.76. The van der Waals surface area contributed by atoms with Gasteiger partial charge in [0, 0.05) is 18.1 Å². The fourth-order valence-electron chi connectivity index (χ4n) is 3.58. The zero-order chi connectivity index (χ0) is 27.8.